The minimum absolute atomic E-state index is 0.0239. The summed E-state index contributed by atoms with van der Waals surface area (Å²) in [6.07, 6.45) is 11.1. The summed E-state index contributed by atoms with van der Waals surface area (Å²) < 4.78 is 24.8. The highest BCUT2D eigenvalue weighted by Crippen LogP contribution is 2.74. The second-order valence-corrected chi connectivity index (χ2v) is 15.5. The largest absolute Gasteiger partial charge is 0.393 e. The number of aliphatic hydroxyl groups is 1. The zero-order valence-electron chi connectivity index (χ0n) is 24.9. The summed E-state index contributed by atoms with van der Waals surface area (Å²) in [7, 11) is 3.56. The van der Waals surface area contributed by atoms with Crippen LogP contribution in [-0.4, -0.2) is 49.2 Å². The van der Waals surface area contributed by atoms with Crippen LogP contribution in [0.15, 0.2) is 11.6 Å². The van der Waals surface area contributed by atoms with Crippen LogP contribution in [0.1, 0.15) is 99.8 Å². The topological polar surface area (TPSA) is 60.5 Å². The first-order valence-corrected chi connectivity index (χ1v) is 15.0. The standard InChI is InChI=1S/C32H52O5/c1-27(2)23-11-10-22-21(29(23,5)15-14-24(27)33)13-17-30(6)20(12-16-31(22,30)7)19-18-32(35-9,36-25(19)34-8)26-28(3,4)37-26/h10,19-21,23-26,33H,11-18H2,1-9H3/t19-,20-,21-,23-,24+,25+,26-,29+,30-,31+,32+/m0/s1. The van der Waals surface area contributed by atoms with Gasteiger partial charge in [-0.15, -0.1) is 0 Å². The number of hydrogen-bond acceptors (Lipinski definition) is 5. The molecule has 2 heterocycles. The molecule has 0 spiro atoms. The smallest absolute Gasteiger partial charge is 0.200 e. The Labute approximate surface area is 225 Å². The molecule has 0 unspecified atom stereocenters. The normalized spacial score (nSPS) is 55.7. The molecule has 1 N–H and O–H groups in total. The highest BCUT2D eigenvalue weighted by Gasteiger charge is 2.71. The fourth-order valence-electron chi connectivity index (χ4n) is 11.0. The van der Waals surface area contributed by atoms with Gasteiger partial charge in [0.15, 0.2) is 6.29 Å². The van der Waals surface area contributed by atoms with Crippen LogP contribution < -0.4 is 0 Å². The zero-order valence-corrected chi connectivity index (χ0v) is 24.9. The van der Waals surface area contributed by atoms with Crippen LogP contribution in [0.25, 0.3) is 0 Å². The number of methoxy groups -OCH3 is 2. The maximum absolute atomic E-state index is 10.9. The Morgan fingerprint density at radius 2 is 1.62 bits per heavy atom. The summed E-state index contributed by atoms with van der Waals surface area (Å²) in [6, 6.07) is 0. The monoisotopic (exact) mass is 516 g/mol. The summed E-state index contributed by atoms with van der Waals surface area (Å²) in [4.78, 5) is 0. The second kappa shape index (κ2) is 8.06. The molecule has 0 aromatic rings. The predicted molar refractivity (Wildman–Crippen MR) is 144 cm³/mol. The van der Waals surface area contributed by atoms with E-state index in [0.29, 0.717) is 23.7 Å². The lowest BCUT2D eigenvalue weighted by Crippen LogP contribution is -2.58. The Kier molecular flexibility index (Phi) is 5.82. The maximum atomic E-state index is 10.9. The molecule has 37 heavy (non-hydrogen) atoms. The third kappa shape index (κ3) is 3.33. The molecule has 0 aromatic heterocycles. The van der Waals surface area contributed by atoms with Gasteiger partial charge in [0, 0.05) is 26.6 Å². The van der Waals surface area contributed by atoms with Gasteiger partial charge in [-0.1, -0.05) is 46.3 Å². The molecule has 5 fully saturated rings. The molecule has 6 aliphatic rings. The zero-order chi connectivity index (χ0) is 26.8. The molecule has 11 atom stereocenters. The maximum Gasteiger partial charge on any atom is 0.200 e. The number of hydrogen-bond donors (Lipinski definition) is 1. The van der Waals surface area contributed by atoms with Gasteiger partial charge in [0.1, 0.15) is 6.10 Å². The fraction of sp³-hybridized carbons (Fsp3) is 0.938. The molecule has 0 amide bonds. The quantitative estimate of drug-likeness (QED) is 0.342. The van der Waals surface area contributed by atoms with Crippen molar-refractivity contribution in [1.29, 1.82) is 0 Å². The first-order valence-electron chi connectivity index (χ1n) is 15.0. The van der Waals surface area contributed by atoms with Gasteiger partial charge in [-0.05, 0) is 98.2 Å². The minimum atomic E-state index is -0.722. The van der Waals surface area contributed by atoms with Crippen LogP contribution in [0.3, 0.4) is 0 Å². The van der Waals surface area contributed by atoms with Gasteiger partial charge in [-0.3, -0.25) is 0 Å². The molecule has 0 aromatic carbocycles. The first-order chi connectivity index (χ1) is 17.2. The molecule has 210 valence electrons. The number of aliphatic hydroxyl groups excluding tert-OH is 1. The van der Waals surface area contributed by atoms with E-state index in [0.717, 1.165) is 25.7 Å². The highest BCUT2D eigenvalue weighted by molar-refractivity contribution is 5.33. The van der Waals surface area contributed by atoms with Crippen molar-refractivity contribution in [2.45, 2.75) is 130 Å². The van der Waals surface area contributed by atoms with Crippen LogP contribution in [0.5, 0.6) is 0 Å². The number of fused-ring (bicyclic) bond motifs is 5. The number of rotatable bonds is 4. The van der Waals surface area contributed by atoms with Crippen molar-refractivity contribution in [3.63, 3.8) is 0 Å². The van der Waals surface area contributed by atoms with Gasteiger partial charge < -0.3 is 24.1 Å². The Hall–Kier alpha value is -0.460. The van der Waals surface area contributed by atoms with E-state index < -0.39 is 5.79 Å². The van der Waals surface area contributed by atoms with Crippen molar-refractivity contribution >= 4 is 0 Å². The van der Waals surface area contributed by atoms with Crippen molar-refractivity contribution in [2.24, 2.45) is 45.3 Å². The average Bonchev–Trinajstić information content (AvgIpc) is 3.20. The highest BCUT2D eigenvalue weighted by atomic mass is 16.8. The molecule has 0 bridgehead atoms. The predicted octanol–water partition coefficient (Wildman–Crippen LogP) is 6.48. The van der Waals surface area contributed by atoms with Crippen molar-refractivity contribution in [3.05, 3.63) is 11.6 Å². The lowest BCUT2D eigenvalue weighted by atomic mass is 9.41. The molecule has 4 aliphatic carbocycles. The van der Waals surface area contributed by atoms with Crippen LogP contribution in [-0.2, 0) is 18.9 Å². The van der Waals surface area contributed by atoms with Gasteiger partial charge >= 0.3 is 0 Å². The van der Waals surface area contributed by atoms with Crippen molar-refractivity contribution < 1.29 is 24.1 Å². The van der Waals surface area contributed by atoms with Gasteiger partial charge in [0.25, 0.3) is 0 Å². The molecular formula is C32H52O5. The van der Waals surface area contributed by atoms with E-state index in [1.807, 2.05) is 0 Å². The molecule has 5 heteroatoms. The average molecular weight is 517 g/mol. The summed E-state index contributed by atoms with van der Waals surface area (Å²) in [5.74, 6) is 1.28. The molecule has 2 aliphatic heterocycles. The Bertz CT molecular complexity index is 972. The molecule has 3 saturated carbocycles. The van der Waals surface area contributed by atoms with E-state index in [-0.39, 0.29) is 45.8 Å². The van der Waals surface area contributed by atoms with Crippen LogP contribution in [0, 0.1) is 45.3 Å². The third-order valence-corrected chi connectivity index (χ3v) is 13.6. The Balaban J connectivity index is 1.32. The molecule has 5 nitrogen and oxygen atoms in total. The first kappa shape index (κ1) is 26.7. The van der Waals surface area contributed by atoms with E-state index in [2.05, 4.69) is 54.5 Å². The second-order valence-electron chi connectivity index (χ2n) is 15.5. The van der Waals surface area contributed by atoms with Gasteiger partial charge in [-0.25, -0.2) is 0 Å². The lowest BCUT2D eigenvalue weighted by Gasteiger charge is -2.64. The molecule has 6 rings (SSSR count). The van der Waals surface area contributed by atoms with Crippen molar-refractivity contribution in [1.82, 2.24) is 0 Å². The lowest BCUT2D eigenvalue weighted by molar-refractivity contribution is -0.268. The van der Waals surface area contributed by atoms with Crippen LogP contribution in [0.4, 0.5) is 0 Å². The number of epoxide rings is 1. The number of ether oxygens (including phenoxy) is 4. The molecular weight excluding hydrogens is 464 g/mol. The van der Waals surface area contributed by atoms with Crippen LogP contribution in [0.2, 0.25) is 0 Å². The SMILES string of the molecule is CO[C@@H]1O[C@@](OC)([C@H]2OC2(C)C)C[C@H]1[C@@H]1CC[C@]2(C)C3=CC[C@H]4C(C)(C)[C@H](O)CC[C@]4(C)[C@H]3CC[C@@]12C. The fourth-order valence-corrected chi connectivity index (χ4v) is 11.0. The summed E-state index contributed by atoms with van der Waals surface area (Å²) >= 11 is 0. The van der Waals surface area contributed by atoms with E-state index in [1.165, 1.54) is 25.7 Å². The summed E-state index contributed by atoms with van der Waals surface area (Å²) in [5, 5.41) is 10.9. The summed E-state index contributed by atoms with van der Waals surface area (Å²) in [6.45, 7) is 16.6. The number of allylic oxidation sites excluding steroid dienone is 2. The Morgan fingerprint density at radius 1 is 0.919 bits per heavy atom. The van der Waals surface area contributed by atoms with Crippen molar-refractivity contribution in [2.75, 3.05) is 14.2 Å². The van der Waals surface area contributed by atoms with Gasteiger partial charge in [0.2, 0.25) is 5.79 Å². The Morgan fingerprint density at radius 3 is 2.24 bits per heavy atom. The van der Waals surface area contributed by atoms with Gasteiger partial charge in [-0.2, -0.15) is 0 Å². The van der Waals surface area contributed by atoms with E-state index in [1.54, 1.807) is 19.8 Å². The van der Waals surface area contributed by atoms with Crippen LogP contribution >= 0.6 is 0 Å². The third-order valence-electron chi connectivity index (χ3n) is 13.6. The minimum Gasteiger partial charge on any atom is -0.393 e. The van der Waals surface area contributed by atoms with E-state index >= 15 is 0 Å². The van der Waals surface area contributed by atoms with Crippen molar-refractivity contribution in [3.8, 4) is 0 Å². The van der Waals surface area contributed by atoms with Gasteiger partial charge in [0.05, 0.1) is 11.7 Å². The van der Waals surface area contributed by atoms with E-state index in [4.69, 9.17) is 18.9 Å². The summed E-state index contributed by atoms with van der Waals surface area (Å²) in [5.41, 5.74) is 2.19. The van der Waals surface area contributed by atoms with E-state index in [9.17, 15) is 5.11 Å². The molecule has 0 radical (unpaired) electrons. The molecule has 2 saturated heterocycles.